The third-order valence-corrected chi connectivity index (χ3v) is 6.51. The van der Waals surface area contributed by atoms with Crippen LogP contribution in [0.3, 0.4) is 0 Å². The van der Waals surface area contributed by atoms with Crippen LogP contribution in [0.1, 0.15) is 11.4 Å². The van der Waals surface area contributed by atoms with E-state index in [0.29, 0.717) is 12.3 Å². The summed E-state index contributed by atoms with van der Waals surface area (Å²) in [6.45, 7) is 0.402. The molecule has 0 bridgehead atoms. The highest BCUT2D eigenvalue weighted by atomic mass is 35.5. The Morgan fingerprint density at radius 1 is 1.12 bits per heavy atom. The van der Waals surface area contributed by atoms with Gasteiger partial charge in [0.1, 0.15) is 0 Å². The number of thiazole rings is 1. The number of para-hydroxylation sites is 1. The molecule has 0 saturated carbocycles. The topological polar surface area (TPSA) is 52.7 Å². The smallest absolute Gasteiger partial charge is 0.308 e. The maximum absolute atomic E-state index is 12.3. The lowest BCUT2D eigenvalue weighted by Crippen LogP contribution is -2.16. The third-order valence-electron chi connectivity index (χ3n) is 4.11. The number of nitrogens with zero attached hydrogens (tertiary/aromatic N) is 4. The Morgan fingerprint density at radius 3 is 2.73 bits per heavy atom. The summed E-state index contributed by atoms with van der Waals surface area (Å²) in [4.78, 5) is 12.3. The highest BCUT2D eigenvalue weighted by Gasteiger charge is 2.14. The quantitative estimate of drug-likeness (QED) is 0.470. The minimum atomic E-state index is 0.0134. The van der Waals surface area contributed by atoms with Crippen molar-refractivity contribution < 1.29 is 0 Å². The number of rotatable bonds is 5. The molecule has 0 unspecified atom stereocenters. The molecule has 0 aliphatic heterocycles. The molecule has 0 atom stereocenters. The average molecular weight is 403 g/mol. The Kier molecular flexibility index (Phi) is 4.84. The van der Waals surface area contributed by atoms with E-state index >= 15 is 0 Å². The summed E-state index contributed by atoms with van der Waals surface area (Å²) >= 11 is 9.04. The van der Waals surface area contributed by atoms with Crippen LogP contribution in [-0.2, 0) is 19.3 Å². The first kappa shape index (κ1) is 17.3. The van der Waals surface area contributed by atoms with Crippen molar-refractivity contribution in [3.8, 4) is 0 Å². The minimum absolute atomic E-state index is 0.0134. The molecule has 2 aromatic carbocycles. The van der Waals surface area contributed by atoms with Gasteiger partial charge >= 0.3 is 4.87 Å². The second-order valence-corrected chi connectivity index (χ2v) is 8.10. The number of hydrogen-bond acceptors (Lipinski definition) is 5. The van der Waals surface area contributed by atoms with Gasteiger partial charge in [-0.25, -0.2) is 0 Å². The van der Waals surface area contributed by atoms with E-state index in [0.717, 1.165) is 31.8 Å². The van der Waals surface area contributed by atoms with Crippen molar-refractivity contribution in [2.75, 3.05) is 0 Å². The Balaban J connectivity index is 1.56. The van der Waals surface area contributed by atoms with Gasteiger partial charge in [-0.05, 0) is 23.8 Å². The van der Waals surface area contributed by atoms with Crippen LogP contribution in [0.15, 0.2) is 58.5 Å². The van der Waals surface area contributed by atoms with E-state index in [4.69, 9.17) is 11.6 Å². The van der Waals surface area contributed by atoms with Crippen LogP contribution in [0.4, 0.5) is 0 Å². The Morgan fingerprint density at radius 2 is 1.88 bits per heavy atom. The summed E-state index contributed by atoms with van der Waals surface area (Å²) < 4.78 is 4.65. The summed E-state index contributed by atoms with van der Waals surface area (Å²) in [5.41, 5.74) is 1.99. The van der Waals surface area contributed by atoms with E-state index in [1.54, 1.807) is 16.3 Å². The number of aromatic nitrogens is 4. The third kappa shape index (κ3) is 3.30. The fourth-order valence-electron chi connectivity index (χ4n) is 2.67. The lowest BCUT2D eigenvalue weighted by Gasteiger charge is -2.06. The number of hydrogen-bond donors (Lipinski definition) is 0. The van der Waals surface area contributed by atoms with Gasteiger partial charge in [-0.2, -0.15) is 0 Å². The molecule has 4 aromatic rings. The second-order valence-electron chi connectivity index (χ2n) is 5.76. The second kappa shape index (κ2) is 7.26. The van der Waals surface area contributed by atoms with E-state index in [-0.39, 0.29) is 4.87 Å². The van der Waals surface area contributed by atoms with Gasteiger partial charge in [0.25, 0.3) is 0 Å². The van der Waals surface area contributed by atoms with Gasteiger partial charge in [-0.3, -0.25) is 9.36 Å². The lowest BCUT2D eigenvalue weighted by atomic mass is 10.2. The molecule has 2 heterocycles. The van der Waals surface area contributed by atoms with E-state index < -0.39 is 0 Å². The first-order valence-corrected chi connectivity index (χ1v) is 10.1. The monoisotopic (exact) mass is 402 g/mol. The summed E-state index contributed by atoms with van der Waals surface area (Å²) in [5, 5.41) is 10.1. The fraction of sp³-hybridized carbons (Fsp3) is 0.167. The van der Waals surface area contributed by atoms with Crippen LogP contribution in [0.25, 0.3) is 10.2 Å². The molecule has 0 aliphatic rings. The Labute approximate surface area is 163 Å². The number of fused-ring (bicyclic) bond motifs is 1. The van der Waals surface area contributed by atoms with Crippen molar-refractivity contribution in [1.82, 2.24) is 19.3 Å². The van der Waals surface area contributed by atoms with Gasteiger partial charge in [0, 0.05) is 17.8 Å². The SMILES string of the molecule is Cn1c(Cn2c(=O)sc3ccccc32)nnc1SCc1ccccc1Cl. The highest BCUT2D eigenvalue weighted by Crippen LogP contribution is 2.26. The van der Waals surface area contributed by atoms with Crippen LogP contribution < -0.4 is 4.87 Å². The predicted molar refractivity (Wildman–Crippen MR) is 107 cm³/mol. The number of thioether (sulfide) groups is 1. The van der Waals surface area contributed by atoms with Crippen molar-refractivity contribution >= 4 is 44.9 Å². The van der Waals surface area contributed by atoms with Crippen LogP contribution in [-0.4, -0.2) is 19.3 Å². The molecular weight excluding hydrogens is 388 g/mol. The highest BCUT2D eigenvalue weighted by molar-refractivity contribution is 7.98. The van der Waals surface area contributed by atoms with E-state index in [9.17, 15) is 4.79 Å². The molecule has 0 N–H and O–H groups in total. The van der Waals surface area contributed by atoms with Crippen molar-refractivity contribution in [2.24, 2.45) is 7.05 Å². The molecule has 0 saturated heterocycles. The largest absolute Gasteiger partial charge is 0.308 e. The zero-order valence-corrected chi connectivity index (χ0v) is 16.3. The molecule has 132 valence electrons. The van der Waals surface area contributed by atoms with Crippen LogP contribution in [0.2, 0.25) is 5.02 Å². The van der Waals surface area contributed by atoms with Crippen molar-refractivity contribution in [3.63, 3.8) is 0 Å². The molecule has 0 radical (unpaired) electrons. The number of halogens is 1. The molecular formula is C18H15ClN4OS2. The van der Waals surface area contributed by atoms with Gasteiger partial charge < -0.3 is 4.57 Å². The lowest BCUT2D eigenvalue weighted by molar-refractivity contribution is 0.681. The molecule has 0 aliphatic carbocycles. The van der Waals surface area contributed by atoms with Gasteiger partial charge in [-0.1, -0.05) is 65.0 Å². The molecule has 0 amide bonds. The van der Waals surface area contributed by atoms with Crippen LogP contribution in [0.5, 0.6) is 0 Å². The predicted octanol–water partition coefficient (Wildman–Crippen LogP) is 4.19. The normalized spacial score (nSPS) is 11.3. The Bertz CT molecular complexity index is 1130. The zero-order chi connectivity index (χ0) is 18.1. The Hall–Kier alpha value is -2.09. The summed E-state index contributed by atoms with van der Waals surface area (Å²) in [6, 6.07) is 15.6. The molecule has 26 heavy (non-hydrogen) atoms. The summed E-state index contributed by atoms with van der Waals surface area (Å²) in [5.74, 6) is 1.46. The van der Waals surface area contributed by atoms with Crippen molar-refractivity contribution in [1.29, 1.82) is 0 Å². The van der Waals surface area contributed by atoms with Gasteiger partial charge in [-0.15, -0.1) is 10.2 Å². The molecule has 0 spiro atoms. The standard InChI is InChI=1S/C18H15ClN4OS2/c1-22-16(10-23-14-8-4-5-9-15(14)26-18(23)24)20-21-17(22)25-11-12-6-2-3-7-13(12)19/h2-9H,10-11H2,1H3. The molecule has 8 heteroatoms. The first-order chi connectivity index (χ1) is 12.6. The van der Waals surface area contributed by atoms with Gasteiger partial charge in [0.05, 0.1) is 16.8 Å². The minimum Gasteiger partial charge on any atom is -0.308 e. The maximum atomic E-state index is 12.3. The van der Waals surface area contributed by atoms with Gasteiger partial charge in [0.15, 0.2) is 11.0 Å². The molecule has 0 fully saturated rings. The first-order valence-electron chi connectivity index (χ1n) is 7.96. The molecule has 2 aromatic heterocycles. The maximum Gasteiger partial charge on any atom is 0.308 e. The van der Waals surface area contributed by atoms with Crippen molar-refractivity contribution in [3.05, 3.63) is 74.6 Å². The van der Waals surface area contributed by atoms with Crippen LogP contribution >= 0.6 is 34.7 Å². The molecule has 4 rings (SSSR count). The van der Waals surface area contributed by atoms with E-state index in [1.165, 1.54) is 11.3 Å². The van der Waals surface area contributed by atoms with E-state index in [1.807, 2.05) is 60.1 Å². The average Bonchev–Trinajstić information content (AvgIpc) is 3.15. The number of benzene rings is 2. The van der Waals surface area contributed by atoms with Crippen LogP contribution in [0, 0.1) is 0 Å². The van der Waals surface area contributed by atoms with Gasteiger partial charge in [0.2, 0.25) is 0 Å². The summed E-state index contributed by atoms with van der Waals surface area (Å²) in [7, 11) is 1.92. The fourth-order valence-corrected chi connectivity index (χ4v) is 4.78. The zero-order valence-electron chi connectivity index (χ0n) is 13.9. The van der Waals surface area contributed by atoms with Crippen molar-refractivity contribution in [2.45, 2.75) is 17.5 Å². The molecule has 5 nitrogen and oxygen atoms in total. The summed E-state index contributed by atoms with van der Waals surface area (Å²) in [6.07, 6.45) is 0. The van der Waals surface area contributed by atoms with E-state index in [2.05, 4.69) is 10.2 Å².